The molecule has 0 amide bonds. The van der Waals surface area contributed by atoms with E-state index in [2.05, 4.69) is 5.10 Å². The lowest BCUT2D eigenvalue weighted by atomic mass is 10.2. The number of rotatable bonds is 0. The Morgan fingerprint density at radius 1 is 1.90 bits per heavy atom. The third-order valence-electron chi connectivity index (χ3n) is 1.29. The third kappa shape index (κ3) is 1.16. The minimum absolute atomic E-state index is 0.130. The normalized spacial score (nSPS) is 25.8. The topological polar surface area (TPSA) is 58.5 Å². The van der Waals surface area contributed by atoms with E-state index in [1.807, 2.05) is 0 Å². The average Bonchev–Trinajstić information content (AvgIpc) is 1.82. The van der Waals surface area contributed by atoms with Crippen LogP contribution in [0.5, 0.6) is 0 Å². The molecule has 1 unspecified atom stereocenters. The van der Waals surface area contributed by atoms with Gasteiger partial charge in [-0.3, -0.25) is 0 Å². The summed E-state index contributed by atoms with van der Waals surface area (Å²) in [5.74, 6) is 0. The Morgan fingerprint density at radius 3 is 3.00 bits per heavy atom. The molecule has 1 atom stereocenters. The summed E-state index contributed by atoms with van der Waals surface area (Å²) in [6.45, 7) is 1.66. The first-order valence-electron chi connectivity index (χ1n) is 2.79. The number of hydrogen-bond donors (Lipinski definition) is 1. The van der Waals surface area contributed by atoms with Gasteiger partial charge in [0.2, 0.25) is 5.17 Å². The van der Waals surface area contributed by atoms with Crippen LogP contribution in [0.25, 0.3) is 0 Å². The molecule has 0 aromatic rings. The molecule has 10 heavy (non-hydrogen) atoms. The Kier molecular flexibility index (Phi) is 1.72. The molecular weight excluding hydrogens is 154 g/mol. The maximum atomic E-state index is 10.7. The summed E-state index contributed by atoms with van der Waals surface area (Å²) in [5.41, 5.74) is 5.85. The summed E-state index contributed by atoms with van der Waals surface area (Å²) in [4.78, 5) is 11.2. The van der Waals surface area contributed by atoms with Crippen LogP contribution in [0.2, 0.25) is 0 Å². The van der Waals surface area contributed by atoms with Crippen LogP contribution in [0.1, 0.15) is 6.92 Å². The Balaban J connectivity index is 2.95. The molecular formula is C5H7ClN3O+. The molecule has 0 radical (unpaired) electrons. The standard InChI is InChI=1S/C5H7ClN3O/c1-3-4(7)2-5(6)8-9(3)10/h2-3H,7H2,1H3/q+1. The first-order chi connectivity index (χ1) is 4.61. The quantitative estimate of drug-likeness (QED) is 0.527. The van der Waals surface area contributed by atoms with E-state index in [9.17, 15) is 4.91 Å². The molecule has 0 spiro atoms. The van der Waals surface area contributed by atoms with Gasteiger partial charge in [0.25, 0.3) is 6.04 Å². The van der Waals surface area contributed by atoms with Crippen LogP contribution in [-0.4, -0.2) is 16.1 Å². The molecule has 0 saturated heterocycles. The van der Waals surface area contributed by atoms with Gasteiger partial charge in [-0.25, -0.2) is 0 Å². The van der Waals surface area contributed by atoms with E-state index in [-0.39, 0.29) is 5.17 Å². The van der Waals surface area contributed by atoms with Crippen LogP contribution >= 0.6 is 11.6 Å². The van der Waals surface area contributed by atoms with Gasteiger partial charge in [0, 0.05) is 13.0 Å². The van der Waals surface area contributed by atoms with Crippen molar-refractivity contribution in [2.45, 2.75) is 13.0 Å². The fraction of sp³-hybridized carbons (Fsp3) is 0.400. The monoisotopic (exact) mass is 160 g/mol. The number of nitroso groups, excluding NO2 is 1. The van der Waals surface area contributed by atoms with Crippen LogP contribution in [0.15, 0.2) is 16.9 Å². The highest BCUT2D eigenvalue weighted by Gasteiger charge is 2.27. The van der Waals surface area contributed by atoms with E-state index >= 15 is 0 Å². The fourth-order valence-electron chi connectivity index (χ4n) is 0.595. The van der Waals surface area contributed by atoms with Crippen LogP contribution in [0.3, 0.4) is 0 Å². The first-order valence-corrected chi connectivity index (χ1v) is 3.16. The van der Waals surface area contributed by atoms with Gasteiger partial charge in [0.05, 0.1) is 15.7 Å². The molecule has 0 saturated carbocycles. The highest BCUT2D eigenvalue weighted by atomic mass is 35.5. The number of hydrazone groups is 1. The Hall–Kier alpha value is -0.900. The Morgan fingerprint density at radius 2 is 2.50 bits per heavy atom. The van der Waals surface area contributed by atoms with Gasteiger partial charge in [0.15, 0.2) is 4.87 Å². The van der Waals surface area contributed by atoms with Crippen molar-refractivity contribution in [1.82, 2.24) is 0 Å². The molecule has 4 nitrogen and oxygen atoms in total. The van der Waals surface area contributed by atoms with E-state index in [0.717, 1.165) is 0 Å². The zero-order valence-electron chi connectivity index (χ0n) is 5.41. The Labute approximate surface area is 62.9 Å². The van der Waals surface area contributed by atoms with Crippen molar-refractivity contribution in [3.63, 3.8) is 0 Å². The molecule has 0 aromatic heterocycles. The van der Waals surface area contributed by atoms with Crippen molar-refractivity contribution < 1.29 is 4.87 Å². The number of allylic oxidation sites excluding steroid dienone is 1. The lowest BCUT2D eigenvalue weighted by Crippen LogP contribution is -2.27. The van der Waals surface area contributed by atoms with Crippen LogP contribution in [0, 0.1) is 4.91 Å². The molecule has 5 heteroatoms. The van der Waals surface area contributed by atoms with Crippen molar-refractivity contribution >= 4 is 16.8 Å². The lowest BCUT2D eigenvalue weighted by Gasteiger charge is -2.02. The summed E-state index contributed by atoms with van der Waals surface area (Å²) in [5, 5.41) is 3.55. The van der Waals surface area contributed by atoms with Crippen molar-refractivity contribution in [3.8, 4) is 0 Å². The smallest absolute Gasteiger partial charge is 0.273 e. The second kappa shape index (κ2) is 2.38. The molecule has 0 fully saturated rings. The largest absolute Gasteiger partial charge is 0.396 e. The summed E-state index contributed by atoms with van der Waals surface area (Å²) in [6.07, 6.45) is 1.47. The van der Waals surface area contributed by atoms with Crippen molar-refractivity contribution in [3.05, 3.63) is 16.7 Å². The van der Waals surface area contributed by atoms with Gasteiger partial charge < -0.3 is 5.73 Å². The zero-order valence-corrected chi connectivity index (χ0v) is 6.17. The van der Waals surface area contributed by atoms with Gasteiger partial charge >= 0.3 is 0 Å². The van der Waals surface area contributed by atoms with E-state index in [1.165, 1.54) is 6.08 Å². The van der Waals surface area contributed by atoms with Gasteiger partial charge in [-0.15, -0.1) is 0 Å². The van der Waals surface area contributed by atoms with E-state index in [4.69, 9.17) is 17.3 Å². The second-order valence-electron chi connectivity index (χ2n) is 2.05. The SMILES string of the molecule is CC1C(N)=CC(Cl)=N[N+]1=O. The van der Waals surface area contributed by atoms with Gasteiger partial charge in [-0.1, -0.05) is 11.6 Å². The second-order valence-corrected chi connectivity index (χ2v) is 2.43. The lowest BCUT2D eigenvalue weighted by molar-refractivity contribution is -0.580. The maximum absolute atomic E-state index is 10.7. The number of nitrogens with two attached hydrogens (primary N) is 1. The highest BCUT2D eigenvalue weighted by Crippen LogP contribution is 2.08. The maximum Gasteiger partial charge on any atom is 0.273 e. The molecule has 1 heterocycles. The molecule has 0 bridgehead atoms. The molecule has 54 valence electrons. The number of nitrogens with zero attached hydrogens (tertiary/aromatic N) is 2. The fourth-order valence-corrected chi connectivity index (χ4v) is 0.796. The molecule has 0 aliphatic carbocycles. The highest BCUT2D eigenvalue weighted by molar-refractivity contribution is 6.68. The van der Waals surface area contributed by atoms with Gasteiger partial charge in [-0.2, -0.15) is 0 Å². The van der Waals surface area contributed by atoms with Crippen molar-refractivity contribution in [2.24, 2.45) is 10.8 Å². The molecule has 1 rings (SSSR count). The number of hydrogen-bond acceptors (Lipinski definition) is 2. The van der Waals surface area contributed by atoms with E-state index in [0.29, 0.717) is 10.6 Å². The predicted octanol–water partition coefficient (Wildman–Crippen LogP) is 0.562. The van der Waals surface area contributed by atoms with Crippen molar-refractivity contribution in [2.75, 3.05) is 0 Å². The summed E-state index contributed by atoms with van der Waals surface area (Å²) in [7, 11) is 0. The Bertz CT molecular complexity index is 233. The van der Waals surface area contributed by atoms with E-state index < -0.39 is 6.04 Å². The van der Waals surface area contributed by atoms with Gasteiger partial charge in [0.1, 0.15) is 0 Å². The zero-order chi connectivity index (χ0) is 7.72. The summed E-state index contributed by atoms with van der Waals surface area (Å²) < 4.78 is 0. The number of halogens is 1. The van der Waals surface area contributed by atoms with Gasteiger partial charge in [-0.05, 0) is 0 Å². The molecule has 1 aliphatic rings. The van der Waals surface area contributed by atoms with Crippen LogP contribution in [-0.2, 0) is 0 Å². The minimum atomic E-state index is -0.400. The molecule has 0 aromatic carbocycles. The van der Waals surface area contributed by atoms with Crippen LogP contribution < -0.4 is 5.73 Å². The van der Waals surface area contributed by atoms with E-state index in [1.54, 1.807) is 6.92 Å². The predicted molar refractivity (Wildman–Crippen MR) is 38.6 cm³/mol. The average molecular weight is 161 g/mol. The molecule has 2 N–H and O–H groups in total. The summed E-state index contributed by atoms with van der Waals surface area (Å²) >= 11 is 5.42. The molecule has 1 aliphatic heterocycles. The third-order valence-corrected chi connectivity index (χ3v) is 1.48. The van der Waals surface area contributed by atoms with Crippen molar-refractivity contribution in [1.29, 1.82) is 0 Å². The minimum Gasteiger partial charge on any atom is -0.396 e. The van der Waals surface area contributed by atoms with Crippen LogP contribution in [0.4, 0.5) is 0 Å². The first kappa shape index (κ1) is 7.21. The summed E-state index contributed by atoms with van der Waals surface area (Å²) in [6, 6.07) is -0.400.